The van der Waals surface area contributed by atoms with Gasteiger partial charge in [-0.25, -0.2) is 4.98 Å². The summed E-state index contributed by atoms with van der Waals surface area (Å²) in [4.78, 5) is 16.3. The molecule has 1 aromatic carbocycles. The van der Waals surface area contributed by atoms with E-state index >= 15 is 0 Å². The number of oxazole rings is 1. The molecule has 2 N–H and O–H groups in total. The van der Waals surface area contributed by atoms with Crippen molar-refractivity contribution in [2.75, 3.05) is 6.54 Å². The number of hydrogen-bond acceptors (Lipinski definition) is 4. The molecule has 0 bridgehead atoms. The van der Waals surface area contributed by atoms with Crippen LogP contribution in [0.15, 0.2) is 34.9 Å². The lowest BCUT2D eigenvalue weighted by Crippen LogP contribution is -2.33. The van der Waals surface area contributed by atoms with Crippen LogP contribution in [0.2, 0.25) is 5.02 Å². The van der Waals surface area contributed by atoms with Crippen LogP contribution in [0.3, 0.4) is 0 Å². The minimum Gasteiger partial charge on any atom is -0.444 e. The first kappa shape index (κ1) is 16.0. The van der Waals surface area contributed by atoms with E-state index in [1.807, 2.05) is 12.1 Å². The number of aliphatic hydroxyl groups excluding tert-OH is 1. The van der Waals surface area contributed by atoms with Crippen LogP contribution in [0.1, 0.15) is 25.0 Å². The van der Waals surface area contributed by atoms with Gasteiger partial charge in [0.25, 0.3) is 0 Å². The largest absolute Gasteiger partial charge is 0.444 e. The number of carbonyl (C=O) groups is 1. The van der Waals surface area contributed by atoms with Crippen molar-refractivity contribution in [1.29, 1.82) is 0 Å². The molecular weight excluding hydrogens is 316 g/mol. The molecule has 1 aromatic heterocycles. The van der Waals surface area contributed by atoms with E-state index in [0.29, 0.717) is 23.2 Å². The lowest BCUT2D eigenvalue weighted by atomic mass is 10.1. The third kappa shape index (κ3) is 4.12. The van der Waals surface area contributed by atoms with Crippen LogP contribution in [0.5, 0.6) is 0 Å². The SMILES string of the molecule is O=C(Cc1coc(-c2ccc(Cl)cc2)n1)NCC1CCCC1O. The molecule has 122 valence electrons. The Balaban J connectivity index is 1.54. The highest BCUT2D eigenvalue weighted by Crippen LogP contribution is 2.24. The minimum atomic E-state index is -0.293. The van der Waals surface area contributed by atoms with E-state index in [-0.39, 0.29) is 24.3 Å². The van der Waals surface area contributed by atoms with Crippen molar-refractivity contribution in [3.05, 3.63) is 41.2 Å². The number of rotatable bonds is 5. The Kier molecular flexibility index (Phi) is 4.98. The van der Waals surface area contributed by atoms with Crippen molar-refractivity contribution in [3.63, 3.8) is 0 Å². The molecule has 3 rings (SSSR count). The smallest absolute Gasteiger partial charge is 0.226 e. The molecule has 1 amide bonds. The highest BCUT2D eigenvalue weighted by molar-refractivity contribution is 6.30. The number of benzene rings is 1. The summed E-state index contributed by atoms with van der Waals surface area (Å²) in [7, 11) is 0. The molecule has 6 heteroatoms. The van der Waals surface area contributed by atoms with Crippen molar-refractivity contribution in [3.8, 4) is 11.5 Å². The summed E-state index contributed by atoms with van der Waals surface area (Å²) in [6.45, 7) is 0.516. The Bertz CT molecular complexity index is 669. The third-order valence-corrected chi connectivity index (χ3v) is 4.42. The van der Waals surface area contributed by atoms with Crippen LogP contribution >= 0.6 is 11.6 Å². The van der Waals surface area contributed by atoms with Gasteiger partial charge in [-0.3, -0.25) is 4.79 Å². The number of aliphatic hydroxyl groups is 1. The molecule has 0 radical (unpaired) electrons. The molecule has 23 heavy (non-hydrogen) atoms. The molecule has 1 aliphatic carbocycles. The van der Waals surface area contributed by atoms with Crippen molar-refractivity contribution < 1.29 is 14.3 Å². The number of halogens is 1. The Morgan fingerprint density at radius 2 is 2.13 bits per heavy atom. The lowest BCUT2D eigenvalue weighted by Gasteiger charge is -2.14. The van der Waals surface area contributed by atoms with Gasteiger partial charge in [-0.15, -0.1) is 0 Å². The predicted molar refractivity (Wildman–Crippen MR) is 87.0 cm³/mol. The van der Waals surface area contributed by atoms with Crippen LogP contribution in [0, 0.1) is 5.92 Å². The van der Waals surface area contributed by atoms with Gasteiger partial charge in [0.2, 0.25) is 11.8 Å². The molecule has 2 aromatic rings. The molecule has 1 saturated carbocycles. The Hall–Kier alpha value is -1.85. The average Bonchev–Trinajstić information content (AvgIpc) is 3.15. The van der Waals surface area contributed by atoms with Crippen molar-refractivity contribution in [2.24, 2.45) is 5.92 Å². The fourth-order valence-electron chi connectivity index (χ4n) is 2.84. The number of aromatic nitrogens is 1. The maximum Gasteiger partial charge on any atom is 0.226 e. The molecule has 2 unspecified atom stereocenters. The molecule has 0 spiro atoms. The first-order valence-electron chi connectivity index (χ1n) is 7.77. The number of nitrogens with one attached hydrogen (secondary N) is 1. The van der Waals surface area contributed by atoms with Gasteiger partial charge in [-0.05, 0) is 37.1 Å². The van der Waals surface area contributed by atoms with Crippen LogP contribution in [-0.4, -0.2) is 28.6 Å². The van der Waals surface area contributed by atoms with Gasteiger partial charge in [-0.2, -0.15) is 0 Å². The fraction of sp³-hybridized carbons (Fsp3) is 0.412. The molecule has 0 aliphatic heterocycles. The molecular formula is C17H19ClN2O3. The number of amides is 1. The van der Waals surface area contributed by atoms with Gasteiger partial charge in [0.15, 0.2) is 0 Å². The average molecular weight is 335 g/mol. The zero-order valence-corrected chi connectivity index (χ0v) is 13.4. The van der Waals surface area contributed by atoms with Gasteiger partial charge >= 0.3 is 0 Å². The van der Waals surface area contributed by atoms with E-state index in [9.17, 15) is 9.90 Å². The Morgan fingerprint density at radius 1 is 1.35 bits per heavy atom. The van der Waals surface area contributed by atoms with Gasteiger partial charge in [0.05, 0.1) is 18.2 Å². The highest BCUT2D eigenvalue weighted by Gasteiger charge is 2.25. The minimum absolute atomic E-state index is 0.111. The summed E-state index contributed by atoms with van der Waals surface area (Å²) in [6.07, 6.45) is 4.18. The monoisotopic (exact) mass is 334 g/mol. The number of carbonyl (C=O) groups excluding carboxylic acids is 1. The summed E-state index contributed by atoms with van der Waals surface area (Å²) in [5.41, 5.74) is 1.40. The zero-order valence-electron chi connectivity index (χ0n) is 12.7. The fourth-order valence-corrected chi connectivity index (χ4v) is 2.97. The molecule has 1 heterocycles. The maximum atomic E-state index is 12.0. The van der Waals surface area contributed by atoms with Crippen molar-refractivity contribution in [1.82, 2.24) is 10.3 Å². The third-order valence-electron chi connectivity index (χ3n) is 4.16. The summed E-state index contributed by atoms with van der Waals surface area (Å²) in [5.74, 6) is 0.525. The second-order valence-corrected chi connectivity index (χ2v) is 6.33. The maximum absolute atomic E-state index is 12.0. The van der Waals surface area contributed by atoms with Crippen LogP contribution in [0.4, 0.5) is 0 Å². The van der Waals surface area contributed by atoms with Gasteiger partial charge < -0.3 is 14.8 Å². The van der Waals surface area contributed by atoms with E-state index < -0.39 is 0 Å². The molecule has 2 atom stereocenters. The van der Waals surface area contributed by atoms with E-state index in [4.69, 9.17) is 16.0 Å². The van der Waals surface area contributed by atoms with E-state index in [2.05, 4.69) is 10.3 Å². The first-order valence-corrected chi connectivity index (χ1v) is 8.15. The number of hydrogen-bond donors (Lipinski definition) is 2. The van der Waals surface area contributed by atoms with Crippen LogP contribution in [0.25, 0.3) is 11.5 Å². The lowest BCUT2D eigenvalue weighted by molar-refractivity contribution is -0.120. The summed E-state index contributed by atoms with van der Waals surface area (Å²) in [5, 5.41) is 13.3. The highest BCUT2D eigenvalue weighted by atomic mass is 35.5. The van der Waals surface area contributed by atoms with Crippen molar-refractivity contribution in [2.45, 2.75) is 31.8 Å². The Labute approximate surface area is 139 Å². The van der Waals surface area contributed by atoms with Crippen LogP contribution < -0.4 is 5.32 Å². The van der Waals surface area contributed by atoms with Gasteiger partial charge in [0, 0.05) is 23.0 Å². The molecule has 1 aliphatic rings. The second kappa shape index (κ2) is 7.15. The van der Waals surface area contributed by atoms with E-state index in [1.165, 1.54) is 6.26 Å². The van der Waals surface area contributed by atoms with E-state index in [0.717, 1.165) is 24.8 Å². The quantitative estimate of drug-likeness (QED) is 0.881. The van der Waals surface area contributed by atoms with Crippen molar-refractivity contribution >= 4 is 17.5 Å². The van der Waals surface area contributed by atoms with Gasteiger partial charge in [0.1, 0.15) is 6.26 Å². The molecule has 1 fully saturated rings. The topological polar surface area (TPSA) is 75.4 Å². The van der Waals surface area contributed by atoms with Gasteiger partial charge in [-0.1, -0.05) is 18.0 Å². The summed E-state index contributed by atoms with van der Waals surface area (Å²) >= 11 is 5.85. The van der Waals surface area contributed by atoms with Crippen LogP contribution in [-0.2, 0) is 11.2 Å². The standard InChI is InChI=1S/C17H19ClN2O3/c18-13-6-4-11(5-7-13)17-20-14(10-23-17)8-16(22)19-9-12-2-1-3-15(12)21/h4-7,10,12,15,21H,1-3,8-9H2,(H,19,22). The first-order chi connectivity index (χ1) is 11.1. The van der Waals surface area contributed by atoms with E-state index in [1.54, 1.807) is 12.1 Å². The Morgan fingerprint density at radius 3 is 2.83 bits per heavy atom. The zero-order chi connectivity index (χ0) is 16.2. The summed E-state index contributed by atoms with van der Waals surface area (Å²) < 4.78 is 5.41. The molecule has 5 nitrogen and oxygen atoms in total. The number of nitrogens with zero attached hydrogens (tertiary/aromatic N) is 1. The molecule has 0 saturated heterocycles. The summed E-state index contributed by atoms with van der Waals surface area (Å²) in [6, 6.07) is 7.17. The second-order valence-electron chi connectivity index (χ2n) is 5.89. The predicted octanol–water partition coefficient (Wildman–Crippen LogP) is 2.81. The normalized spacial score (nSPS) is 20.6.